The molecule has 27 heavy (non-hydrogen) atoms. The Morgan fingerprint density at radius 3 is 2.37 bits per heavy atom. The predicted molar refractivity (Wildman–Crippen MR) is 96.6 cm³/mol. The topological polar surface area (TPSA) is 80.4 Å². The van der Waals surface area contributed by atoms with E-state index < -0.39 is 23.2 Å². The van der Waals surface area contributed by atoms with Gasteiger partial charge in [-0.3, -0.25) is 10.1 Å². The lowest BCUT2D eigenvalue weighted by Crippen LogP contribution is -2.39. The van der Waals surface area contributed by atoms with Gasteiger partial charge in [0.1, 0.15) is 5.82 Å². The van der Waals surface area contributed by atoms with Gasteiger partial charge in [0.05, 0.1) is 0 Å². The van der Waals surface area contributed by atoms with Crippen LogP contribution in [0.2, 0.25) is 0 Å². The zero-order valence-corrected chi connectivity index (χ0v) is 14.0. The van der Waals surface area contributed by atoms with E-state index in [1.54, 1.807) is 24.3 Å². The number of nitrogens with zero attached hydrogens (tertiary/aromatic N) is 2. The Morgan fingerprint density at radius 2 is 1.74 bits per heavy atom. The van der Waals surface area contributed by atoms with Crippen molar-refractivity contribution in [2.75, 3.05) is 0 Å². The van der Waals surface area contributed by atoms with Gasteiger partial charge in [-0.25, -0.2) is 14.4 Å². The average molecular weight is 364 g/mol. The predicted octanol–water partition coefficient (Wildman–Crippen LogP) is 2.71. The Balaban J connectivity index is 1.94. The van der Waals surface area contributed by atoms with Crippen LogP contribution in [0.4, 0.5) is 8.78 Å². The number of halogens is 2. The quantitative estimate of drug-likeness (QED) is 0.701. The van der Waals surface area contributed by atoms with E-state index in [1.165, 1.54) is 30.5 Å². The lowest BCUT2D eigenvalue weighted by molar-refractivity contribution is -0.122. The maximum Gasteiger partial charge on any atom is 0.263 e. The molecule has 1 atom stereocenters. The molecule has 3 N–H and O–H groups in total. The maximum atomic E-state index is 14.5. The molecule has 2 heterocycles. The molecule has 134 valence electrons. The second-order valence-corrected chi connectivity index (χ2v) is 6.09. The first-order valence-electron chi connectivity index (χ1n) is 8.15. The molecule has 2 aromatic carbocycles. The minimum atomic E-state index is -1.43. The van der Waals surface area contributed by atoms with Crippen LogP contribution >= 0.6 is 0 Å². The Bertz CT molecular complexity index is 1050. The third-order valence-electron chi connectivity index (χ3n) is 4.47. The summed E-state index contributed by atoms with van der Waals surface area (Å²) >= 11 is 0. The third kappa shape index (κ3) is 2.73. The molecule has 4 rings (SSSR count). The second-order valence-electron chi connectivity index (χ2n) is 6.09. The van der Waals surface area contributed by atoms with Crippen LogP contribution in [0.1, 0.15) is 11.1 Å². The third-order valence-corrected chi connectivity index (χ3v) is 4.47. The van der Waals surface area contributed by atoms with Crippen LogP contribution in [-0.2, 0) is 10.3 Å². The monoisotopic (exact) mass is 364 g/mol. The molecule has 0 spiro atoms. The van der Waals surface area contributed by atoms with Crippen molar-refractivity contribution in [3.63, 3.8) is 0 Å². The molecule has 3 aromatic rings. The number of aliphatic imine (C=N–C) groups is 1. The standard InChI is InChI=1S/C20H14F2N4O/c21-16-8-7-14(10-15(16)12-6-9-17(22)24-11-12)20(13-4-2-1-3-5-13)18(27)25-19(23)26-20/h1-11H,(H3,23,25,26,27). The summed E-state index contributed by atoms with van der Waals surface area (Å²) < 4.78 is 27.6. The lowest BCUT2D eigenvalue weighted by Gasteiger charge is -2.25. The maximum absolute atomic E-state index is 14.5. The summed E-state index contributed by atoms with van der Waals surface area (Å²) in [6.07, 6.45) is 1.24. The number of aromatic nitrogens is 1. The first-order valence-corrected chi connectivity index (χ1v) is 8.15. The SMILES string of the molecule is NC1=NC(c2ccccc2)(c2ccc(F)c(-c3ccc(F)nc3)c2)C(=O)N1. The molecule has 1 amide bonds. The summed E-state index contributed by atoms with van der Waals surface area (Å²) in [4.78, 5) is 20.7. The Hall–Kier alpha value is -3.61. The summed E-state index contributed by atoms with van der Waals surface area (Å²) in [6, 6.07) is 15.7. The number of hydrogen-bond acceptors (Lipinski definition) is 4. The van der Waals surface area contributed by atoms with Crippen molar-refractivity contribution in [3.8, 4) is 11.1 Å². The fourth-order valence-electron chi connectivity index (χ4n) is 3.21. The highest BCUT2D eigenvalue weighted by Crippen LogP contribution is 2.38. The summed E-state index contributed by atoms with van der Waals surface area (Å²) in [5, 5.41) is 2.52. The molecule has 0 saturated heterocycles. The van der Waals surface area contributed by atoms with Gasteiger partial charge in [0.2, 0.25) is 5.95 Å². The number of pyridine rings is 1. The Labute approximate surface area is 153 Å². The van der Waals surface area contributed by atoms with Gasteiger partial charge in [-0.2, -0.15) is 4.39 Å². The van der Waals surface area contributed by atoms with E-state index in [-0.39, 0.29) is 11.5 Å². The van der Waals surface area contributed by atoms with Crippen LogP contribution in [0, 0.1) is 11.8 Å². The van der Waals surface area contributed by atoms with Gasteiger partial charge in [-0.15, -0.1) is 0 Å². The van der Waals surface area contributed by atoms with E-state index in [9.17, 15) is 13.6 Å². The Morgan fingerprint density at radius 1 is 0.963 bits per heavy atom. The smallest absolute Gasteiger partial charge is 0.263 e. The number of guanidine groups is 1. The molecule has 1 unspecified atom stereocenters. The highest BCUT2D eigenvalue weighted by atomic mass is 19.1. The summed E-state index contributed by atoms with van der Waals surface area (Å²) in [7, 11) is 0. The number of hydrogen-bond donors (Lipinski definition) is 2. The van der Waals surface area contributed by atoms with Gasteiger partial charge in [-0.05, 0) is 35.4 Å². The first kappa shape index (κ1) is 16.8. The van der Waals surface area contributed by atoms with Crippen LogP contribution in [0.25, 0.3) is 11.1 Å². The van der Waals surface area contributed by atoms with Crippen LogP contribution < -0.4 is 11.1 Å². The normalized spacial score (nSPS) is 18.9. The van der Waals surface area contributed by atoms with E-state index in [0.29, 0.717) is 16.7 Å². The molecule has 0 aliphatic carbocycles. The fraction of sp³-hybridized carbons (Fsp3) is 0.0500. The highest BCUT2D eigenvalue weighted by Gasteiger charge is 2.46. The molecule has 7 heteroatoms. The van der Waals surface area contributed by atoms with Crippen molar-refractivity contribution in [2.45, 2.75) is 5.54 Å². The summed E-state index contributed by atoms with van der Waals surface area (Å²) in [6.45, 7) is 0. The van der Waals surface area contributed by atoms with E-state index in [2.05, 4.69) is 15.3 Å². The zero-order chi connectivity index (χ0) is 19.0. The number of carbonyl (C=O) groups is 1. The molecule has 0 saturated carbocycles. The van der Waals surface area contributed by atoms with Gasteiger partial charge in [-0.1, -0.05) is 36.4 Å². The van der Waals surface area contributed by atoms with Crippen molar-refractivity contribution in [2.24, 2.45) is 10.7 Å². The van der Waals surface area contributed by atoms with E-state index in [1.807, 2.05) is 6.07 Å². The molecular formula is C20H14F2N4O. The highest BCUT2D eigenvalue weighted by molar-refractivity contribution is 6.09. The van der Waals surface area contributed by atoms with Gasteiger partial charge in [0.15, 0.2) is 11.5 Å². The zero-order valence-electron chi connectivity index (χ0n) is 14.0. The average Bonchev–Trinajstić information content (AvgIpc) is 2.98. The van der Waals surface area contributed by atoms with E-state index in [4.69, 9.17) is 5.73 Å². The van der Waals surface area contributed by atoms with E-state index >= 15 is 0 Å². The van der Waals surface area contributed by atoms with Gasteiger partial charge in [0, 0.05) is 17.3 Å². The fourth-order valence-corrected chi connectivity index (χ4v) is 3.21. The van der Waals surface area contributed by atoms with Crippen molar-refractivity contribution in [1.29, 1.82) is 0 Å². The molecule has 1 aliphatic rings. The lowest BCUT2D eigenvalue weighted by atomic mass is 9.82. The number of nitrogens with two attached hydrogens (primary N) is 1. The minimum absolute atomic E-state index is 0.0156. The number of benzene rings is 2. The van der Waals surface area contributed by atoms with Gasteiger partial charge < -0.3 is 5.73 Å². The Kier molecular flexibility index (Phi) is 3.92. The summed E-state index contributed by atoms with van der Waals surface area (Å²) in [5.41, 5.74) is 5.93. The summed E-state index contributed by atoms with van der Waals surface area (Å²) in [5.74, 6) is -1.63. The van der Waals surface area contributed by atoms with Crippen molar-refractivity contribution in [1.82, 2.24) is 10.3 Å². The molecule has 5 nitrogen and oxygen atoms in total. The second kappa shape index (κ2) is 6.28. The van der Waals surface area contributed by atoms with Crippen LogP contribution in [0.3, 0.4) is 0 Å². The number of rotatable bonds is 3. The van der Waals surface area contributed by atoms with E-state index in [0.717, 1.165) is 6.07 Å². The minimum Gasteiger partial charge on any atom is -0.370 e. The molecule has 1 aliphatic heterocycles. The molecular weight excluding hydrogens is 350 g/mol. The molecule has 0 fully saturated rings. The molecule has 0 bridgehead atoms. The molecule has 1 aromatic heterocycles. The van der Waals surface area contributed by atoms with Crippen LogP contribution in [0.5, 0.6) is 0 Å². The van der Waals surface area contributed by atoms with Crippen LogP contribution in [-0.4, -0.2) is 16.9 Å². The van der Waals surface area contributed by atoms with Gasteiger partial charge in [0.25, 0.3) is 5.91 Å². The molecule has 0 radical (unpaired) electrons. The van der Waals surface area contributed by atoms with Crippen molar-refractivity contribution >= 4 is 11.9 Å². The number of carbonyl (C=O) groups excluding carboxylic acids is 1. The largest absolute Gasteiger partial charge is 0.370 e. The van der Waals surface area contributed by atoms with Crippen molar-refractivity contribution in [3.05, 3.63) is 89.8 Å². The first-order chi connectivity index (χ1) is 13.0. The van der Waals surface area contributed by atoms with Crippen LogP contribution in [0.15, 0.2) is 71.9 Å². The number of nitrogens with one attached hydrogen (secondary N) is 1. The van der Waals surface area contributed by atoms with Crippen molar-refractivity contribution < 1.29 is 13.6 Å². The van der Waals surface area contributed by atoms with Gasteiger partial charge >= 0.3 is 0 Å². The number of amides is 1.